The van der Waals surface area contributed by atoms with Gasteiger partial charge in [0, 0.05) is 29.2 Å². The molecule has 0 bridgehead atoms. The Morgan fingerprint density at radius 2 is 1.64 bits per heavy atom. The predicted octanol–water partition coefficient (Wildman–Crippen LogP) is 8.20. The summed E-state index contributed by atoms with van der Waals surface area (Å²) >= 11 is 0. The van der Waals surface area contributed by atoms with Gasteiger partial charge in [0.15, 0.2) is 31.2 Å². The maximum Gasteiger partial charge on any atom is 0.265 e. The number of ether oxygens (including phenoxy) is 2. The molecular formula is C40H57F2N3O7Si. The lowest BCUT2D eigenvalue weighted by molar-refractivity contribution is -0.140. The highest BCUT2D eigenvalue weighted by atomic mass is 28.4. The molecule has 1 aromatic carbocycles. The number of aromatic nitrogens is 1. The second-order valence-corrected chi connectivity index (χ2v) is 21.8. The van der Waals surface area contributed by atoms with Gasteiger partial charge in [-0.2, -0.15) is 0 Å². The Hall–Kier alpha value is -3.13. The van der Waals surface area contributed by atoms with E-state index in [1.165, 1.54) is 0 Å². The van der Waals surface area contributed by atoms with Crippen LogP contribution in [0.25, 0.3) is 5.76 Å². The molecule has 0 radical (unpaired) electrons. The lowest BCUT2D eigenvalue weighted by Gasteiger charge is -2.55. The van der Waals surface area contributed by atoms with Crippen molar-refractivity contribution in [2.45, 2.75) is 122 Å². The predicted molar refractivity (Wildman–Crippen MR) is 200 cm³/mol. The third-order valence-electron chi connectivity index (χ3n) is 12.3. The van der Waals surface area contributed by atoms with Crippen LogP contribution in [0.2, 0.25) is 18.1 Å². The average Bonchev–Trinajstić information content (AvgIpc) is 3.76. The van der Waals surface area contributed by atoms with Crippen molar-refractivity contribution < 1.29 is 41.9 Å². The summed E-state index contributed by atoms with van der Waals surface area (Å²) in [6, 6.07) is -0.644. The van der Waals surface area contributed by atoms with E-state index in [0.29, 0.717) is 18.8 Å². The summed E-state index contributed by atoms with van der Waals surface area (Å²) in [5, 5.41) is 16.1. The molecule has 1 saturated heterocycles. The molecule has 1 N–H and O–H groups in total. The van der Waals surface area contributed by atoms with Crippen molar-refractivity contribution in [3.8, 4) is 11.6 Å². The van der Waals surface area contributed by atoms with Gasteiger partial charge >= 0.3 is 0 Å². The number of aliphatic hydroxyl groups is 1. The van der Waals surface area contributed by atoms with Gasteiger partial charge in [-0.05, 0) is 94.9 Å². The normalized spacial score (nSPS) is 24.7. The number of halogens is 2. The monoisotopic (exact) mass is 757 g/mol. The minimum absolute atomic E-state index is 0.00496. The van der Waals surface area contributed by atoms with Crippen LogP contribution in [0.3, 0.4) is 0 Å². The Kier molecular flexibility index (Phi) is 11.1. The summed E-state index contributed by atoms with van der Waals surface area (Å²) in [7, 11) is 0.751. The first-order valence-corrected chi connectivity index (χ1v) is 22.3. The minimum atomic E-state index is -2.94. The second kappa shape index (κ2) is 14.8. The third-order valence-corrected chi connectivity index (χ3v) is 16.7. The van der Waals surface area contributed by atoms with Crippen molar-refractivity contribution in [2.75, 3.05) is 40.4 Å². The number of likely N-dealkylation sites (tertiary alicyclic amines) is 1. The van der Waals surface area contributed by atoms with Gasteiger partial charge in [0.05, 0.1) is 24.8 Å². The molecule has 1 aromatic heterocycles. The summed E-state index contributed by atoms with van der Waals surface area (Å²) in [6.07, 6.45) is 5.07. The van der Waals surface area contributed by atoms with Crippen molar-refractivity contribution in [3.05, 3.63) is 45.2 Å². The van der Waals surface area contributed by atoms with Crippen molar-refractivity contribution in [1.82, 2.24) is 15.0 Å². The second-order valence-electron chi connectivity index (χ2n) is 17.1. The molecule has 13 heteroatoms. The Morgan fingerprint density at radius 1 is 1.00 bits per heavy atom. The SMILES string of the molecule is CCCCOc1noc2c1C(=O)[C@@]1(O[Si](C)(C)C(C)(C)C)C(=O)C3=C(O)c4c(c(F)c(CN5CCCC5)c(F)c4OCCCC)C[C@H]3C[C@H]1[C@@H]2N(C)C. The van der Waals surface area contributed by atoms with Crippen LogP contribution in [0.1, 0.15) is 118 Å². The Morgan fingerprint density at radius 3 is 2.25 bits per heavy atom. The largest absolute Gasteiger partial charge is 0.507 e. The van der Waals surface area contributed by atoms with Gasteiger partial charge < -0.3 is 23.5 Å². The van der Waals surface area contributed by atoms with Crippen LogP contribution in [0.5, 0.6) is 11.6 Å². The summed E-state index contributed by atoms with van der Waals surface area (Å²) in [5.74, 6) is -4.91. The zero-order valence-electron chi connectivity index (χ0n) is 32.9. The van der Waals surface area contributed by atoms with E-state index in [1.807, 2.05) is 71.6 Å². The van der Waals surface area contributed by atoms with Crippen LogP contribution in [-0.2, 0) is 22.2 Å². The molecule has 4 atom stereocenters. The summed E-state index contributed by atoms with van der Waals surface area (Å²) in [4.78, 5) is 34.8. The van der Waals surface area contributed by atoms with Crippen LogP contribution in [0.4, 0.5) is 8.78 Å². The molecule has 3 aliphatic carbocycles. The molecule has 2 aromatic rings. The number of carbonyl (C=O) groups excluding carboxylic acids is 2. The van der Waals surface area contributed by atoms with Crippen molar-refractivity contribution in [1.29, 1.82) is 0 Å². The van der Waals surface area contributed by atoms with E-state index in [9.17, 15) is 5.11 Å². The number of carbonyl (C=O) groups is 2. The molecule has 0 amide bonds. The summed E-state index contributed by atoms with van der Waals surface area (Å²) in [5.41, 5.74) is -2.20. The number of Topliss-reactive ketones (excluding diaryl/α,β-unsaturated/α-hetero) is 2. The molecule has 4 aliphatic rings. The van der Waals surface area contributed by atoms with Crippen LogP contribution in [0, 0.1) is 23.5 Å². The van der Waals surface area contributed by atoms with Crippen LogP contribution >= 0.6 is 0 Å². The Balaban J connectivity index is 1.58. The highest BCUT2D eigenvalue weighted by Gasteiger charge is 2.69. The highest BCUT2D eigenvalue weighted by Crippen LogP contribution is 2.59. The van der Waals surface area contributed by atoms with E-state index in [1.54, 1.807) is 0 Å². The van der Waals surface area contributed by atoms with E-state index in [-0.39, 0.29) is 65.4 Å². The van der Waals surface area contributed by atoms with Gasteiger partial charge in [0.2, 0.25) is 11.6 Å². The van der Waals surface area contributed by atoms with Crippen LogP contribution in [0.15, 0.2) is 10.1 Å². The van der Waals surface area contributed by atoms with E-state index in [2.05, 4.69) is 5.16 Å². The third kappa shape index (κ3) is 6.56. The zero-order valence-corrected chi connectivity index (χ0v) is 33.9. The number of rotatable bonds is 13. The lowest BCUT2D eigenvalue weighted by Crippen LogP contribution is -2.68. The van der Waals surface area contributed by atoms with Crippen LogP contribution < -0.4 is 9.47 Å². The van der Waals surface area contributed by atoms with Gasteiger partial charge in [-0.15, -0.1) is 0 Å². The number of ketones is 2. The molecule has 1 aliphatic heterocycles. The van der Waals surface area contributed by atoms with Crippen molar-refractivity contribution in [3.63, 3.8) is 0 Å². The van der Waals surface area contributed by atoms with E-state index >= 15 is 18.4 Å². The number of nitrogens with zero attached hydrogens (tertiary/aromatic N) is 3. The standard InChI is InChI=1S/C40H57F2N3O7Si/c1-10-12-18-49-34-28-24(30(41)25(31(34)42)22-45-16-14-15-17-45)20-23-21-26-32(44(6)7)35-29(38(43-51-35)50-19-13-11-2)37(48)40(26,36(47)27(23)33(28)46)52-53(8,9)39(3,4)5/h23,26,32,46H,10-22H2,1-9H3/t23-,26-,32-,40-/m0/s1. The first-order chi connectivity index (χ1) is 25.0. The number of aliphatic hydroxyl groups excluding tert-OH is 1. The molecule has 0 unspecified atom stereocenters. The molecule has 0 spiro atoms. The van der Waals surface area contributed by atoms with E-state index in [4.69, 9.17) is 18.4 Å². The fourth-order valence-corrected chi connectivity index (χ4v) is 9.85. The summed E-state index contributed by atoms with van der Waals surface area (Å²) < 4.78 is 58.4. The molecule has 10 nitrogen and oxygen atoms in total. The molecule has 2 fully saturated rings. The van der Waals surface area contributed by atoms with Crippen LogP contribution in [-0.4, -0.2) is 85.9 Å². The minimum Gasteiger partial charge on any atom is -0.507 e. The van der Waals surface area contributed by atoms with Gasteiger partial charge in [0.1, 0.15) is 17.1 Å². The maximum atomic E-state index is 16.8. The van der Waals surface area contributed by atoms with Crippen molar-refractivity contribution in [2.24, 2.45) is 11.8 Å². The Labute approximate surface area is 313 Å². The molecule has 2 heterocycles. The Bertz CT molecular complexity index is 1780. The van der Waals surface area contributed by atoms with Gasteiger partial charge in [0.25, 0.3) is 5.88 Å². The van der Waals surface area contributed by atoms with Gasteiger partial charge in [-0.3, -0.25) is 19.4 Å². The number of fused-ring (bicyclic) bond motifs is 4. The quantitative estimate of drug-likeness (QED) is 0.122. The molecular weight excluding hydrogens is 701 g/mol. The highest BCUT2D eigenvalue weighted by molar-refractivity contribution is 6.74. The number of benzene rings is 1. The van der Waals surface area contributed by atoms with E-state index in [0.717, 1.165) is 45.2 Å². The number of hydrogen-bond acceptors (Lipinski definition) is 10. The topological polar surface area (TPSA) is 115 Å². The molecule has 292 valence electrons. The lowest BCUT2D eigenvalue weighted by atomic mass is 9.57. The smallest absolute Gasteiger partial charge is 0.265 e. The fraction of sp³-hybridized carbons (Fsp3) is 0.675. The van der Waals surface area contributed by atoms with Crippen molar-refractivity contribution >= 4 is 25.6 Å². The van der Waals surface area contributed by atoms with E-state index < -0.39 is 65.8 Å². The molecule has 1 saturated carbocycles. The first-order valence-electron chi connectivity index (χ1n) is 19.4. The maximum absolute atomic E-state index is 16.8. The van der Waals surface area contributed by atoms with Gasteiger partial charge in [-0.1, -0.05) is 47.5 Å². The molecule has 6 rings (SSSR count). The zero-order chi connectivity index (χ0) is 38.6. The summed E-state index contributed by atoms with van der Waals surface area (Å²) in [6.45, 7) is 16.0. The number of hydrogen-bond donors (Lipinski definition) is 1. The number of unbranched alkanes of at least 4 members (excludes halogenated alkanes) is 2. The molecule has 53 heavy (non-hydrogen) atoms. The average molecular weight is 758 g/mol. The fourth-order valence-electron chi connectivity index (χ4n) is 8.40. The first kappa shape index (κ1) is 39.6. The van der Waals surface area contributed by atoms with Gasteiger partial charge in [-0.25, -0.2) is 8.78 Å².